The summed E-state index contributed by atoms with van der Waals surface area (Å²) in [5.41, 5.74) is 6.83. The molecule has 1 amide bonds. The lowest BCUT2D eigenvalue weighted by Gasteiger charge is -2.33. The zero-order valence-corrected chi connectivity index (χ0v) is 13.2. The molecule has 0 bridgehead atoms. The van der Waals surface area contributed by atoms with Crippen LogP contribution in [0, 0.1) is 0 Å². The van der Waals surface area contributed by atoms with Crippen LogP contribution in [0.5, 0.6) is 0 Å². The summed E-state index contributed by atoms with van der Waals surface area (Å²) in [6.07, 6.45) is 5.16. The Kier molecular flexibility index (Phi) is 3.87. The molecule has 3 nitrogen and oxygen atoms in total. The van der Waals surface area contributed by atoms with Crippen LogP contribution in [0.4, 0.5) is 0 Å². The largest absolute Gasteiger partial charge is 0.340 e. The van der Waals surface area contributed by atoms with Gasteiger partial charge in [0.05, 0.1) is 5.41 Å². The molecule has 1 atom stereocenters. The topological polar surface area (TPSA) is 46.3 Å². The van der Waals surface area contributed by atoms with E-state index in [2.05, 4.69) is 28.1 Å². The molecule has 2 N–H and O–H groups in total. The average Bonchev–Trinajstić information content (AvgIpc) is 3.08. The lowest BCUT2D eigenvalue weighted by molar-refractivity contribution is -0.136. The van der Waals surface area contributed by atoms with E-state index in [9.17, 15) is 4.79 Å². The summed E-state index contributed by atoms with van der Waals surface area (Å²) in [7, 11) is 0. The van der Waals surface area contributed by atoms with Gasteiger partial charge in [-0.15, -0.1) is 0 Å². The van der Waals surface area contributed by atoms with Gasteiger partial charge in [-0.2, -0.15) is 0 Å². The minimum Gasteiger partial charge on any atom is -0.340 e. The van der Waals surface area contributed by atoms with E-state index in [1.807, 2.05) is 17.0 Å². The van der Waals surface area contributed by atoms with Crippen LogP contribution < -0.4 is 5.73 Å². The average molecular weight is 337 g/mol. The van der Waals surface area contributed by atoms with E-state index < -0.39 is 0 Å². The molecule has 1 saturated heterocycles. The molecule has 20 heavy (non-hydrogen) atoms. The number of benzene rings is 1. The first-order valence-corrected chi connectivity index (χ1v) is 8.22. The molecule has 0 radical (unpaired) electrons. The van der Waals surface area contributed by atoms with Gasteiger partial charge in [0.25, 0.3) is 0 Å². The molecule has 1 aliphatic heterocycles. The lowest BCUT2D eigenvalue weighted by atomic mass is 9.77. The van der Waals surface area contributed by atoms with Gasteiger partial charge in [0.15, 0.2) is 0 Å². The highest BCUT2D eigenvalue weighted by molar-refractivity contribution is 9.10. The summed E-state index contributed by atoms with van der Waals surface area (Å²) < 4.78 is 1.06. The monoisotopic (exact) mass is 336 g/mol. The molecule has 0 spiro atoms. The van der Waals surface area contributed by atoms with Gasteiger partial charge in [0.2, 0.25) is 5.91 Å². The van der Waals surface area contributed by atoms with E-state index in [1.54, 1.807) is 0 Å². The van der Waals surface area contributed by atoms with Gasteiger partial charge in [-0.05, 0) is 37.0 Å². The number of amides is 1. The molecule has 2 aliphatic rings. The maximum atomic E-state index is 13.1. The Morgan fingerprint density at radius 1 is 1.25 bits per heavy atom. The van der Waals surface area contributed by atoms with Crippen molar-refractivity contribution in [1.82, 2.24) is 4.90 Å². The number of carbonyl (C=O) groups excluding carboxylic acids is 1. The zero-order valence-electron chi connectivity index (χ0n) is 11.6. The number of halogens is 1. The van der Waals surface area contributed by atoms with Crippen molar-refractivity contribution < 1.29 is 4.79 Å². The maximum absolute atomic E-state index is 13.1. The van der Waals surface area contributed by atoms with Gasteiger partial charge in [0, 0.05) is 23.6 Å². The molecular formula is C16H21BrN2O. The van der Waals surface area contributed by atoms with Gasteiger partial charge in [-0.1, -0.05) is 40.9 Å². The van der Waals surface area contributed by atoms with Crippen molar-refractivity contribution in [3.63, 3.8) is 0 Å². The molecule has 0 aromatic heterocycles. The summed E-state index contributed by atoms with van der Waals surface area (Å²) in [5.74, 6) is 0.297. The van der Waals surface area contributed by atoms with Crippen molar-refractivity contribution in [2.75, 3.05) is 13.1 Å². The molecule has 3 rings (SSSR count). The Morgan fingerprint density at radius 2 is 1.90 bits per heavy atom. The molecule has 1 heterocycles. The zero-order chi connectivity index (χ0) is 14.2. The summed E-state index contributed by atoms with van der Waals surface area (Å²) >= 11 is 3.47. The van der Waals surface area contributed by atoms with Crippen LogP contribution >= 0.6 is 15.9 Å². The maximum Gasteiger partial charge on any atom is 0.233 e. The smallest absolute Gasteiger partial charge is 0.233 e. The minimum absolute atomic E-state index is 0.155. The fraction of sp³-hybridized carbons (Fsp3) is 0.562. The number of hydrogen-bond donors (Lipinski definition) is 1. The Labute approximate surface area is 128 Å². The standard InChI is InChI=1S/C16H21BrN2O/c17-13-5-3-12(4-6-13)16(8-1-2-9-16)15(20)19-10-7-14(18)11-19/h3-6,14H,1-2,7-11,18H2/t14-/m1/s1. The first-order chi connectivity index (χ1) is 9.62. The van der Waals surface area contributed by atoms with Crippen molar-refractivity contribution in [3.8, 4) is 0 Å². The van der Waals surface area contributed by atoms with Crippen molar-refractivity contribution in [3.05, 3.63) is 34.3 Å². The van der Waals surface area contributed by atoms with Gasteiger partial charge in [0.1, 0.15) is 0 Å². The number of likely N-dealkylation sites (tertiary alicyclic amines) is 1. The van der Waals surface area contributed by atoms with Gasteiger partial charge < -0.3 is 10.6 Å². The predicted octanol–water partition coefficient (Wildman–Crippen LogP) is 2.82. The predicted molar refractivity (Wildman–Crippen MR) is 83.5 cm³/mol. The van der Waals surface area contributed by atoms with Crippen molar-refractivity contribution in [2.24, 2.45) is 5.73 Å². The number of rotatable bonds is 2. The second-order valence-electron chi connectivity index (χ2n) is 6.10. The number of nitrogens with two attached hydrogens (primary N) is 1. The fourth-order valence-corrected chi connectivity index (χ4v) is 3.91. The Morgan fingerprint density at radius 3 is 2.45 bits per heavy atom. The highest BCUT2D eigenvalue weighted by atomic mass is 79.9. The third-order valence-electron chi connectivity index (χ3n) is 4.78. The second kappa shape index (κ2) is 5.49. The lowest BCUT2D eigenvalue weighted by Crippen LogP contribution is -2.45. The summed E-state index contributed by atoms with van der Waals surface area (Å²) in [4.78, 5) is 15.0. The van der Waals surface area contributed by atoms with Gasteiger partial charge in [-0.3, -0.25) is 4.79 Å². The number of hydrogen-bond acceptors (Lipinski definition) is 2. The minimum atomic E-state index is -0.301. The van der Waals surface area contributed by atoms with E-state index in [4.69, 9.17) is 5.73 Å². The molecule has 0 unspecified atom stereocenters. The second-order valence-corrected chi connectivity index (χ2v) is 7.01. The van der Waals surface area contributed by atoms with E-state index in [-0.39, 0.29) is 11.5 Å². The van der Waals surface area contributed by atoms with Crippen LogP contribution in [0.2, 0.25) is 0 Å². The van der Waals surface area contributed by atoms with Crippen LogP contribution in [0.25, 0.3) is 0 Å². The Bertz CT molecular complexity index is 494. The van der Waals surface area contributed by atoms with Crippen LogP contribution in [-0.2, 0) is 10.2 Å². The van der Waals surface area contributed by atoms with Crippen molar-refractivity contribution in [1.29, 1.82) is 0 Å². The van der Waals surface area contributed by atoms with Crippen LogP contribution in [0.15, 0.2) is 28.7 Å². The van der Waals surface area contributed by atoms with Gasteiger partial charge >= 0.3 is 0 Å². The summed E-state index contributed by atoms with van der Waals surface area (Å²) in [6, 6.07) is 8.44. The van der Waals surface area contributed by atoms with E-state index in [0.29, 0.717) is 5.91 Å². The third-order valence-corrected chi connectivity index (χ3v) is 5.30. The van der Waals surface area contributed by atoms with E-state index in [0.717, 1.165) is 49.7 Å². The van der Waals surface area contributed by atoms with Gasteiger partial charge in [-0.25, -0.2) is 0 Å². The molecule has 1 saturated carbocycles. The van der Waals surface area contributed by atoms with Crippen LogP contribution in [-0.4, -0.2) is 29.9 Å². The van der Waals surface area contributed by atoms with Crippen molar-refractivity contribution >= 4 is 21.8 Å². The highest BCUT2D eigenvalue weighted by Gasteiger charge is 2.45. The quantitative estimate of drug-likeness (QED) is 0.902. The molecule has 1 aliphatic carbocycles. The van der Waals surface area contributed by atoms with Crippen LogP contribution in [0.1, 0.15) is 37.7 Å². The SMILES string of the molecule is N[C@@H]1CCN(C(=O)C2(c3ccc(Br)cc3)CCCC2)C1. The van der Waals surface area contributed by atoms with E-state index >= 15 is 0 Å². The molecular weight excluding hydrogens is 316 g/mol. The third kappa shape index (κ3) is 2.40. The molecule has 1 aromatic carbocycles. The summed E-state index contributed by atoms with van der Waals surface area (Å²) in [6.45, 7) is 1.54. The Balaban J connectivity index is 1.91. The summed E-state index contributed by atoms with van der Waals surface area (Å²) in [5, 5.41) is 0. The molecule has 4 heteroatoms. The van der Waals surface area contributed by atoms with Crippen LogP contribution in [0.3, 0.4) is 0 Å². The van der Waals surface area contributed by atoms with Crippen molar-refractivity contribution in [2.45, 2.75) is 43.6 Å². The normalized spacial score (nSPS) is 25.1. The first kappa shape index (κ1) is 14.1. The molecule has 2 fully saturated rings. The fourth-order valence-electron chi connectivity index (χ4n) is 3.65. The number of nitrogens with zero attached hydrogens (tertiary/aromatic N) is 1. The molecule has 1 aromatic rings. The highest BCUT2D eigenvalue weighted by Crippen LogP contribution is 2.43. The number of carbonyl (C=O) groups is 1. The van der Waals surface area contributed by atoms with E-state index in [1.165, 1.54) is 5.56 Å². The molecule has 108 valence electrons. The Hall–Kier alpha value is -0.870. The first-order valence-electron chi connectivity index (χ1n) is 7.43.